The molecular formula is C17H24F3N7O2. The van der Waals surface area contributed by atoms with E-state index >= 15 is 0 Å². The Morgan fingerprint density at radius 1 is 1.10 bits per heavy atom. The number of carbonyl (C=O) groups excluding carboxylic acids is 2. The number of urea groups is 1. The first kappa shape index (κ1) is 21.1. The van der Waals surface area contributed by atoms with E-state index in [9.17, 15) is 22.8 Å². The minimum Gasteiger partial charge on any atom is -0.338 e. The van der Waals surface area contributed by atoms with Crippen molar-refractivity contribution in [2.24, 2.45) is 5.73 Å². The molecule has 0 aliphatic carbocycles. The van der Waals surface area contributed by atoms with Crippen LogP contribution in [-0.2, 0) is 11.0 Å². The molecule has 160 valence electrons. The molecule has 3 amide bonds. The largest absolute Gasteiger partial charge is 0.419 e. The highest BCUT2D eigenvalue weighted by Gasteiger charge is 2.33. The summed E-state index contributed by atoms with van der Waals surface area (Å²) in [6, 6.07) is -0.317. The summed E-state index contributed by atoms with van der Waals surface area (Å²) in [6.45, 7) is 4.89. The van der Waals surface area contributed by atoms with E-state index in [0.717, 1.165) is 12.4 Å². The molecule has 2 aliphatic heterocycles. The van der Waals surface area contributed by atoms with E-state index in [1.165, 1.54) is 4.90 Å². The number of amides is 3. The number of halogens is 3. The molecule has 1 aromatic heterocycles. The minimum atomic E-state index is -4.48. The van der Waals surface area contributed by atoms with Crippen molar-refractivity contribution in [2.75, 3.05) is 57.3 Å². The van der Waals surface area contributed by atoms with Gasteiger partial charge >= 0.3 is 12.2 Å². The molecule has 3 rings (SSSR count). The average Bonchev–Trinajstić information content (AvgIpc) is 3.00. The van der Waals surface area contributed by atoms with Gasteiger partial charge in [0.1, 0.15) is 6.54 Å². The Hall–Kier alpha value is -2.63. The zero-order valence-electron chi connectivity index (χ0n) is 16.1. The van der Waals surface area contributed by atoms with Gasteiger partial charge in [-0.2, -0.15) is 13.2 Å². The van der Waals surface area contributed by atoms with Crippen LogP contribution in [0.3, 0.4) is 0 Å². The van der Waals surface area contributed by atoms with Gasteiger partial charge < -0.3 is 25.3 Å². The number of hydrogen-bond donors (Lipinski definition) is 1. The van der Waals surface area contributed by atoms with Crippen molar-refractivity contribution in [3.8, 4) is 0 Å². The van der Waals surface area contributed by atoms with Crippen LogP contribution in [0.5, 0.6) is 0 Å². The third-order valence-corrected chi connectivity index (χ3v) is 4.90. The molecule has 2 saturated heterocycles. The third-order valence-electron chi connectivity index (χ3n) is 4.90. The lowest BCUT2D eigenvalue weighted by atomic mass is 10.3. The standard InChI is InChI=1S/C17H24F3N7O2/c1-12(21)10-26-6-7-27(16(26)29)11-14(28)24-2-4-25(5-3-24)15-22-8-13(9-23-15)17(18,19)20/h8-9,12H,2-7,10-11,21H2,1H3/t12-/m0/s1. The Labute approximate surface area is 166 Å². The number of alkyl halides is 3. The molecule has 0 radical (unpaired) electrons. The Balaban J connectivity index is 1.49. The quantitative estimate of drug-likeness (QED) is 0.739. The Kier molecular flexibility index (Phi) is 6.10. The van der Waals surface area contributed by atoms with Crippen LogP contribution >= 0.6 is 0 Å². The maximum Gasteiger partial charge on any atom is 0.419 e. The SMILES string of the molecule is C[C@H](N)CN1CCN(CC(=O)N2CCN(c3ncc(C(F)(F)F)cn3)CC2)C1=O. The maximum absolute atomic E-state index is 12.6. The fraction of sp³-hybridized carbons (Fsp3) is 0.647. The number of piperazine rings is 1. The minimum absolute atomic E-state index is 0.00503. The van der Waals surface area contributed by atoms with Crippen LogP contribution in [0.4, 0.5) is 23.9 Å². The van der Waals surface area contributed by atoms with Crippen molar-refractivity contribution < 1.29 is 22.8 Å². The van der Waals surface area contributed by atoms with Gasteiger partial charge in [-0.3, -0.25) is 4.79 Å². The average molecular weight is 415 g/mol. The van der Waals surface area contributed by atoms with E-state index in [0.29, 0.717) is 45.8 Å². The summed E-state index contributed by atoms with van der Waals surface area (Å²) in [4.78, 5) is 38.9. The molecule has 0 bridgehead atoms. The molecular weight excluding hydrogens is 391 g/mol. The first-order valence-corrected chi connectivity index (χ1v) is 9.36. The summed E-state index contributed by atoms with van der Waals surface area (Å²) in [5, 5.41) is 0. The molecule has 12 heteroatoms. The van der Waals surface area contributed by atoms with Crippen molar-refractivity contribution in [3.05, 3.63) is 18.0 Å². The van der Waals surface area contributed by atoms with Crippen molar-refractivity contribution in [2.45, 2.75) is 19.1 Å². The van der Waals surface area contributed by atoms with Gasteiger partial charge in [0, 0.05) is 64.2 Å². The molecule has 1 aromatic rings. The zero-order chi connectivity index (χ0) is 21.2. The van der Waals surface area contributed by atoms with Gasteiger partial charge in [0.25, 0.3) is 0 Å². The maximum atomic E-state index is 12.6. The lowest BCUT2D eigenvalue weighted by Crippen LogP contribution is -2.52. The lowest BCUT2D eigenvalue weighted by molar-refractivity contribution is -0.138. The number of anilines is 1. The lowest BCUT2D eigenvalue weighted by Gasteiger charge is -2.35. The first-order chi connectivity index (χ1) is 13.6. The van der Waals surface area contributed by atoms with Crippen LogP contribution in [-0.4, -0.2) is 95.0 Å². The monoisotopic (exact) mass is 415 g/mol. The normalized spacial score (nSPS) is 19.1. The highest BCUT2D eigenvalue weighted by molar-refractivity contribution is 5.85. The number of rotatable bonds is 5. The number of carbonyl (C=O) groups is 2. The summed E-state index contributed by atoms with van der Waals surface area (Å²) in [5.41, 5.74) is 4.83. The van der Waals surface area contributed by atoms with E-state index in [1.54, 1.807) is 14.7 Å². The predicted molar refractivity (Wildman–Crippen MR) is 98.0 cm³/mol. The van der Waals surface area contributed by atoms with Crippen LogP contribution in [0.15, 0.2) is 12.4 Å². The molecule has 0 unspecified atom stereocenters. The van der Waals surface area contributed by atoms with E-state index in [4.69, 9.17) is 5.73 Å². The molecule has 29 heavy (non-hydrogen) atoms. The smallest absolute Gasteiger partial charge is 0.338 e. The van der Waals surface area contributed by atoms with Crippen LogP contribution in [0, 0.1) is 0 Å². The zero-order valence-corrected chi connectivity index (χ0v) is 16.1. The van der Waals surface area contributed by atoms with Crippen LogP contribution in [0.2, 0.25) is 0 Å². The van der Waals surface area contributed by atoms with E-state index in [2.05, 4.69) is 9.97 Å². The molecule has 0 saturated carbocycles. The third kappa shape index (κ3) is 5.05. The molecule has 9 nitrogen and oxygen atoms in total. The topological polar surface area (TPSA) is 98.9 Å². The molecule has 0 aromatic carbocycles. The van der Waals surface area contributed by atoms with E-state index < -0.39 is 11.7 Å². The molecule has 2 fully saturated rings. The molecule has 0 spiro atoms. The summed E-state index contributed by atoms with van der Waals surface area (Å²) in [7, 11) is 0. The van der Waals surface area contributed by atoms with E-state index in [1.807, 2.05) is 6.92 Å². The van der Waals surface area contributed by atoms with Crippen molar-refractivity contribution in [1.29, 1.82) is 0 Å². The fourth-order valence-corrected chi connectivity index (χ4v) is 3.35. The predicted octanol–water partition coefficient (Wildman–Crippen LogP) is 0.229. The molecule has 1 atom stereocenters. The highest BCUT2D eigenvalue weighted by Crippen LogP contribution is 2.28. The van der Waals surface area contributed by atoms with Gasteiger partial charge in [0.15, 0.2) is 0 Å². The fourth-order valence-electron chi connectivity index (χ4n) is 3.35. The summed E-state index contributed by atoms with van der Waals surface area (Å²) in [5.74, 6) is 0.0420. The van der Waals surface area contributed by atoms with Crippen molar-refractivity contribution in [3.63, 3.8) is 0 Å². The van der Waals surface area contributed by atoms with Crippen LogP contribution in [0.1, 0.15) is 12.5 Å². The number of nitrogens with zero attached hydrogens (tertiary/aromatic N) is 6. The number of hydrogen-bond acceptors (Lipinski definition) is 6. The van der Waals surface area contributed by atoms with Gasteiger partial charge in [-0.25, -0.2) is 14.8 Å². The second-order valence-corrected chi connectivity index (χ2v) is 7.26. The Bertz CT molecular complexity index is 734. The highest BCUT2D eigenvalue weighted by atomic mass is 19.4. The van der Waals surface area contributed by atoms with Crippen LogP contribution < -0.4 is 10.6 Å². The van der Waals surface area contributed by atoms with Gasteiger partial charge in [-0.1, -0.05) is 0 Å². The van der Waals surface area contributed by atoms with Gasteiger partial charge in [0.05, 0.1) is 5.56 Å². The number of aromatic nitrogens is 2. The molecule has 2 aliphatic rings. The molecule has 3 heterocycles. The van der Waals surface area contributed by atoms with Crippen LogP contribution in [0.25, 0.3) is 0 Å². The summed E-state index contributed by atoms with van der Waals surface area (Å²) >= 11 is 0. The second-order valence-electron chi connectivity index (χ2n) is 7.26. The molecule has 2 N–H and O–H groups in total. The first-order valence-electron chi connectivity index (χ1n) is 9.36. The Morgan fingerprint density at radius 3 is 2.24 bits per heavy atom. The van der Waals surface area contributed by atoms with Crippen molar-refractivity contribution >= 4 is 17.9 Å². The van der Waals surface area contributed by atoms with E-state index in [-0.39, 0.29) is 30.5 Å². The summed E-state index contributed by atoms with van der Waals surface area (Å²) < 4.78 is 37.8. The van der Waals surface area contributed by atoms with Crippen molar-refractivity contribution in [1.82, 2.24) is 24.7 Å². The summed E-state index contributed by atoms with van der Waals surface area (Å²) in [6.07, 6.45) is -2.96. The second kappa shape index (κ2) is 8.39. The van der Waals surface area contributed by atoms with Gasteiger partial charge in [0.2, 0.25) is 11.9 Å². The Morgan fingerprint density at radius 2 is 1.69 bits per heavy atom. The number of nitrogens with two attached hydrogens (primary N) is 1. The van der Waals surface area contributed by atoms with Gasteiger partial charge in [-0.05, 0) is 6.92 Å². The van der Waals surface area contributed by atoms with Gasteiger partial charge in [-0.15, -0.1) is 0 Å².